The Morgan fingerprint density at radius 3 is 2.87 bits per heavy atom. The van der Waals surface area contributed by atoms with Gasteiger partial charge in [0.1, 0.15) is 0 Å². The summed E-state index contributed by atoms with van der Waals surface area (Å²) in [6.45, 7) is 5.07. The van der Waals surface area contributed by atoms with Gasteiger partial charge in [0.05, 0.1) is 11.5 Å². The summed E-state index contributed by atoms with van der Waals surface area (Å²) in [6.07, 6.45) is 1.02. The molecule has 0 aromatic heterocycles. The zero-order valence-corrected chi connectivity index (χ0v) is 10.2. The van der Waals surface area contributed by atoms with Crippen molar-refractivity contribution in [1.82, 2.24) is 9.80 Å². The van der Waals surface area contributed by atoms with Crippen molar-refractivity contribution in [3.63, 3.8) is 0 Å². The molecular formula is C10H19N3OS. The number of nitrogens with two attached hydrogens (primary N) is 1. The van der Waals surface area contributed by atoms with Crippen LogP contribution in [-0.2, 0) is 4.79 Å². The fourth-order valence-electron chi connectivity index (χ4n) is 1.68. The topological polar surface area (TPSA) is 49.6 Å². The molecule has 1 unspecified atom stereocenters. The Bertz CT molecular complexity index is 257. The summed E-state index contributed by atoms with van der Waals surface area (Å²) in [5, 5.41) is 0. The molecule has 0 radical (unpaired) electrons. The number of likely N-dealkylation sites (N-methyl/N-ethyl adjacent to an activating group) is 1. The van der Waals surface area contributed by atoms with E-state index in [1.165, 1.54) is 0 Å². The molecule has 1 saturated heterocycles. The molecule has 15 heavy (non-hydrogen) atoms. The molecule has 0 aliphatic carbocycles. The Morgan fingerprint density at radius 1 is 1.60 bits per heavy atom. The molecule has 0 aromatic carbocycles. The van der Waals surface area contributed by atoms with Gasteiger partial charge in [-0.1, -0.05) is 19.1 Å². The highest BCUT2D eigenvalue weighted by molar-refractivity contribution is 7.80. The standard InChI is InChI=1S/C10H19N3OS/c1-8(10(11)15)6-13-5-3-4-12(2)9(14)7-13/h8H,3-7H2,1-2H3,(H2,11,15). The molecule has 1 aliphatic heterocycles. The van der Waals surface area contributed by atoms with E-state index >= 15 is 0 Å². The van der Waals surface area contributed by atoms with Crippen LogP contribution in [0.15, 0.2) is 0 Å². The van der Waals surface area contributed by atoms with Crippen LogP contribution >= 0.6 is 12.2 Å². The fraction of sp³-hybridized carbons (Fsp3) is 0.800. The molecule has 0 spiro atoms. The first-order chi connectivity index (χ1) is 7.00. The van der Waals surface area contributed by atoms with Crippen LogP contribution in [0.2, 0.25) is 0 Å². The van der Waals surface area contributed by atoms with Crippen LogP contribution in [-0.4, -0.2) is 53.9 Å². The Balaban J connectivity index is 2.48. The molecule has 0 saturated carbocycles. The minimum absolute atomic E-state index is 0.177. The third-order valence-electron chi connectivity index (χ3n) is 2.77. The monoisotopic (exact) mass is 229 g/mol. The van der Waals surface area contributed by atoms with Crippen LogP contribution < -0.4 is 5.73 Å². The van der Waals surface area contributed by atoms with Gasteiger partial charge in [-0.05, 0) is 6.42 Å². The molecule has 5 heteroatoms. The molecule has 1 fully saturated rings. The third-order valence-corrected chi connectivity index (χ3v) is 3.17. The second kappa shape index (κ2) is 5.42. The van der Waals surface area contributed by atoms with E-state index in [-0.39, 0.29) is 11.8 Å². The predicted octanol–water partition coefficient (Wildman–Crippen LogP) is 0.0727. The summed E-state index contributed by atoms with van der Waals surface area (Å²) in [5.74, 6) is 0.360. The summed E-state index contributed by atoms with van der Waals surface area (Å²) >= 11 is 4.93. The number of amides is 1. The van der Waals surface area contributed by atoms with Crippen molar-refractivity contribution >= 4 is 23.1 Å². The van der Waals surface area contributed by atoms with Crippen LogP contribution in [0.4, 0.5) is 0 Å². The lowest BCUT2D eigenvalue weighted by molar-refractivity contribution is -0.129. The second-order valence-electron chi connectivity index (χ2n) is 4.21. The van der Waals surface area contributed by atoms with Crippen LogP contribution in [0.1, 0.15) is 13.3 Å². The van der Waals surface area contributed by atoms with Gasteiger partial charge >= 0.3 is 0 Å². The summed E-state index contributed by atoms with van der Waals surface area (Å²) < 4.78 is 0. The van der Waals surface area contributed by atoms with Crippen molar-refractivity contribution in [2.24, 2.45) is 11.7 Å². The number of carbonyl (C=O) groups excluding carboxylic acids is 1. The molecule has 2 N–H and O–H groups in total. The van der Waals surface area contributed by atoms with Gasteiger partial charge in [0.25, 0.3) is 0 Å². The summed E-state index contributed by atoms with van der Waals surface area (Å²) in [4.78, 5) is 16.0. The van der Waals surface area contributed by atoms with Crippen LogP contribution in [0, 0.1) is 5.92 Å². The van der Waals surface area contributed by atoms with Crippen molar-refractivity contribution < 1.29 is 4.79 Å². The molecule has 86 valence electrons. The van der Waals surface area contributed by atoms with Gasteiger partial charge in [0, 0.05) is 32.6 Å². The lowest BCUT2D eigenvalue weighted by atomic mass is 10.1. The Labute approximate surface area is 96.4 Å². The SMILES string of the molecule is CC(CN1CCCN(C)C(=O)C1)C(N)=S. The number of thiocarbonyl (C=S) groups is 1. The van der Waals surface area contributed by atoms with Crippen molar-refractivity contribution in [3.8, 4) is 0 Å². The minimum atomic E-state index is 0.177. The molecule has 4 nitrogen and oxygen atoms in total. The number of hydrogen-bond acceptors (Lipinski definition) is 3. The largest absolute Gasteiger partial charge is 0.393 e. The van der Waals surface area contributed by atoms with E-state index in [9.17, 15) is 4.79 Å². The second-order valence-corrected chi connectivity index (χ2v) is 4.68. The smallest absolute Gasteiger partial charge is 0.236 e. The number of nitrogens with zero attached hydrogens (tertiary/aromatic N) is 2. The molecule has 1 amide bonds. The van der Waals surface area contributed by atoms with Gasteiger partial charge in [-0.15, -0.1) is 0 Å². The molecule has 0 bridgehead atoms. The Hall–Kier alpha value is -0.680. The average Bonchev–Trinajstić information content (AvgIpc) is 2.29. The van der Waals surface area contributed by atoms with Crippen molar-refractivity contribution in [2.45, 2.75) is 13.3 Å². The molecule has 0 aromatic rings. The van der Waals surface area contributed by atoms with Crippen LogP contribution in [0.25, 0.3) is 0 Å². The van der Waals surface area contributed by atoms with Crippen LogP contribution in [0.3, 0.4) is 0 Å². The molecule has 1 atom stereocenters. The predicted molar refractivity (Wildman–Crippen MR) is 64.6 cm³/mol. The van der Waals surface area contributed by atoms with Crippen molar-refractivity contribution in [2.75, 3.05) is 33.2 Å². The van der Waals surface area contributed by atoms with Gasteiger partial charge < -0.3 is 10.6 Å². The number of carbonyl (C=O) groups is 1. The average molecular weight is 229 g/mol. The van der Waals surface area contributed by atoms with E-state index in [0.717, 1.165) is 26.1 Å². The molecule has 1 rings (SSSR count). The molecule has 1 aliphatic rings. The molecule has 1 heterocycles. The highest BCUT2D eigenvalue weighted by Crippen LogP contribution is 2.06. The number of rotatable bonds is 3. The van der Waals surface area contributed by atoms with Crippen molar-refractivity contribution in [3.05, 3.63) is 0 Å². The Morgan fingerprint density at radius 2 is 2.27 bits per heavy atom. The van der Waals surface area contributed by atoms with E-state index in [0.29, 0.717) is 11.5 Å². The lowest BCUT2D eigenvalue weighted by Crippen LogP contribution is -2.38. The highest BCUT2D eigenvalue weighted by atomic mass is 32.1. The van der Waals surface area contributed by atoms with Crippen molar-refractivity contribution in [1.29, 1.82) is 0 Å². The van der Waals surface area contributed by atoms with Gasteiger partial charge in [-0.3, -0.25) is 9.69 Å². The summed E-state index contributed by atoms with van der Waals surface area (Å²) in [7, 11) is 1.85. The van der Waals surface area contributed by atoms with E-state index in [4.69, 9.17) is 18.0 Å². The highest BCUT2D eigenvalue weighted by Gasteiger charge is 2.20. The van der Waals surface area contributed by atoms with E-state index < -0.39 is 0 Å². The van der Waals surface area contributed by atoms with E-state index in [1.54, 1.807) is 4.90 Å². The van der Waals surface area contributed by atoms with Gasteiger partial charge in [-0.25, -0.2) is 0 Å². The zero-order chi connectivity index (χ0) is 11.4. The Kier molecular flexibility index (Phi) is 4.47. The fourth-order valence-corrected chi connectivity index (χ4v) is 1.75. The minimum Gasteiger partial charge on any atom is -0.393 e. The first-order valence-corrected chi connectivity index (χ1v) is 5.67. The molecular weight excluding hydrogens is 210 g/mol. The van der Waals surface area contributed by atoms with Gasteiger partial charge in [-0.2, -0.15) is 0 Å². The third kappa shape index (κ3) is 3.76. The first kappa shape index (κ1) is 12.4. The lowest BCUT2D eigenvalue weighted by Gasteiger charge is -2.22. The quantitative estimate of drug-likeness (QED) is 0.696. The first-order valence-electron chi connectivity index (χ1n) is 5.26. The maximum absolute atomic E-state index is 11.6. The van der Waals surface area contributed by atoms with Crippen LogP contribution in [0.5, 0.6) is 0 Å². The zero-order valence-electron chi connectivity index (χ0n) is 9.40. The summed E-state index contributed by atoms with van der Waals surface area (Å²) in [6, 6.07) is 0. The van der Waals surface area contributed by atoms with E-state index in [1.807, 2.05) is 14.0 Å². The maximum Gasteiger partial charge on any atom is 0.236 e. The van der Waals surface area contributed by atoms with Gasteiger partial charge in [0.2, 0.25) is 5.91 Å². The maximum atomic E-state index is 11.6. The normalized spacial score (nSPS) is 21.2. The number of hydrogen-bond donors (Lipinski definition) is 1. The van der Waals surface area contributed by atoms with Gasteiger partial charge in [0.15, 0.2) is 0 Å². The summed E-state index contributed by atoms with van der Waals surface area (Å²) in [5.41, 5.74) is 5.56. The van der Waals surface area contributed by atoms with E-state index in [2.05, 4.69) is 4.90 Å².